The van der Waals surface area contributed by atoms with Gasteiger partial charge in [0.15, 0.2) is 5.82 Å². The molecule has 1 heterocycles. The van der Waals surface area contributed by atoms with Gasteiger partial charge in [0.05, 0.1) is 16.7 Å². The van der Waals surface area contributed by atoms with Gasteiger partial charge in [0.1, 0.15) is 6.54 Å². The molecule has 5 nitrogen and oxygen atoms in total. The minimum Gasteiger partial charge on any atom is -0.480 e. The molecule has 2 aromatic rings. The van der Waals surface area contributed by atoms with Crippen LogP contribution >= 0.6 is 0 Å². The van der Waals surface area contributed by atoms with Crippen molar-refractivity contribution >= 4 is 22.8 Å². The summed E-state index contributed by atoms with van der Waals surface area (Å²) in [4.78, 5) is 21.8. The summed E-state index contributed by atoms with van der Waals surface area (Å²) in [5.74, 6) is -0.237. The van der Waals surface area contributed by atoms with Crippen LogP contribution in [0.3, 0.4) is 0 Å². The molecule has 19 heavy (non-hydrogen) atoms. The lowest BCUT2D eigenvalue weighted by atomic mass is 10.2. The van der Waals surface area contributed by atoms with Gasteiger partial charge in [-0.15, -0.1) is 0 Å². The summed E-state index contributed by atoms with van der Waals surface area (Å²) in [6.07, 6.45) is 0. The molecule has 1 aromatic heterocycles. The van der Waals surface area contributed by atoms with Gasteiger partial charge in [0.25, 0.3) is 0 Å². The highest BCUT2D eigenvalue weighted by atomic mass is 16.4. The van der Waals surface area contributed by atoms with E-state index in [1.165, 1.54) is 0 Å². The summed E-state index contributed by atoms with van der Waals surface area (Å²) in [6, 6.07) is 7.63. The van der Waals surface area contributed by atoms with Crippen LogP contribution in [0.5, 0.6) is 0 Å². The molecule has 0 fully saturated rings. The SMILES string of the molecule is Cc1nc2ccccc2nc1N(CC(=O)O)C(C)C. The first-order chi connectivity index (χ1) is 8.99. The van der Waals surface area contributed by atoms with Crippen molar-refractivity contribution in [3.05, 3.63) is 30.0 Å². The first-order valence-electron chi connectivity index (χ1n) is 6.21. The maximum atomic E-state index is 11.0. The van der Waals surface area contributed by atoms with E-state index in [0.29, 0.717) is 5.82 Å². The lowest BCUT2D eigenvalue weighted by Crippen LogP contribution is -2.37. The van der Waals surface area contributed by atoms with Crippen LogP contribution in [0.1, 0.15) is 19.5 Å². The number of aromatic nitrogens is 2. The number of anilines is 1. The van der Waals surface area contributed by atoms with Gasteiger partial charge in [-0.3, -0.25) is 4.79 Å². The molecule has 0 aliphatic heterocycles. The maximum Gasteiger partial charge on any atom is 0.323 e. The van der Waals surface area contributed by atoms with Crippen molar-refractivity contribution in [2.75, 3.05) is 11.4 Å². The summed E-state index contributed by atoms with van der Waals surface area (Å²) in [5.41, 5.74) is 2.34. The number of carboxylic acid groups (broad SMARTS) is 1. The largest absolute Gasteiger partial charge is 0.480 e. The Bertz CT molecular complexity index is 611. The van der Waals surface area contributed by atoms with Crippen LogP contribution in [-0.2, 0) is 4.79 Å². The fourth-order valence-corrected chi connectivity index (χ4v) is 2.00. The van der Waals surface area contributed by atoms with E-state index in [2.05, 4.69) is 9.97 Å². The van der Waals surface area contributed by atoms with E-state index in [4.69, 9.17) is 5.11 Å². The molecule has 1 aromatic carbocycles. The van der Waals surface area contributed by atoms with Gasteiger partial charge in [-0.05, 0) is 32.9 Å². The first-order valence-corrected chi connectivity index (χ1v) is 6.21. The van der Waals surface area contributed by atoms with E-state index in [-0.39, 0.29) is 12.6 Å². The van der Waals surface area contributed by atoms with E-state index < -0.39 is 5.97 Å². The van der Waals surface area contributed by atoms with Crippen molar-refractivity contribution in [3.8, 4) is 0 Å². The molecule has 0 spiro atoms. The predicted molar refractivity (Wildman–Crippen MR) is 74.4 cm³/mol. The van der Waals surface area contributed by atoms with E-state index >= 15 is 0 Å². The third kappa shape index (κ3) is 2.81. The normalized spacial score (nSPS) is 10.9. The highest BCUT2D eigenvalue weighted by Gasteiger charge is 2.18. The smallest absolute Gasteiger partial charge is 0.323 e. The lowest BCUT2D eigenvalue weighted by molar-refractivity contribution is -0.135. The zero-order chi connectivity index (χ0) is 14.0. The average molecular weight is 259 g/mol. The predicted octanol–water partition coefficient (Wildman–Crippen LogP) is 2.24. The maximum absolute atomic E-state index is 11.0. The van der Waals surface area contributed by atoms with Gasteiger partial charge in [-0.2, -0.15) is 0 Å². The number of benzene rings is 1. The number of fused-ring (bicyclic) bond motifs is 1. The standard InChI is InChI=1S/C14H17N3O2/c1-9(2)17(8-13(18)19)14-10(3)15-11-6-4-5-7-12(11)16-14/h4-7,9H,8H2,1-3H3,(H,18,19). The summed E-state index contributed by atoms with van der Waals surface area (Å²) < 4.78 is 0. The number of aryl methyl sites for hydroxylation is 1. The third-order valence-corrected chi connectivity index (χ3v) is 2.92. The number of carbonyl (C=O) groups is 1. The van der Waals surface area contributed by atoms with Crippen molar-refractivity contribution in [2.24, 2.45) is 0 Å². The second kappa shape index (κ2) is 5.22. The quantitative estimate of drug-likeness (QED) is 0.912. The summed E-state index contributed by atoms with van der Waals surface area (Å²) in [6.45, 7) is 5.66. The van der Waals surface area contributed by atoms with Crippen LogP contribution in [-0.4, -0.2) is 33.6 Å². The minimum absolute atomic E-state index is 0.0465. The minimum atomic E-state index is -0.872. The van der Waals surface area contributed by atoms with Gasteiger partial charge >= 0.3 is 5.97 Å². The molecule has 5 heteroatoms. The average Bonchev–Trinajstić information content (AvgIpc) is 2.35. The van der Waals surface area contributed by atoms with E-state index in [0.717, 1.165) is 16.7 Å². The van der Waals surface area contributed by atoms with Crippen LogP contribution < -0.4 is 4.90 Å². The first kappa shape index (κ1) is 13.3. The Labute approximate surface area is 111 Å². The summed E-state index contributed by atoms with van der Waals surface area (Å²) in [5, 5.41) is 9.01. The molecule has 0 atom stereocenters. The Balaban J connectivity index is 2.52. The van der Waals surface area contributed by atoms with Gasteiger partial charge in [0, 0.05) is 6.04 Å². The number of para-hydroxylation sites is 2. The van der Waals surface area contributed by atoms with E-state index in [9.17, 15) is 4.79 Å². The van der Waals surface area contributed by atoms with Crippen molar-refractivity contribution in [1.29, 1.82) is 0 Å². The fourth-order valence-electron chi connectivity index (χ4n) is 2.00. The Morgan fingerprint density at radius 1 is 1.26 bits per heavy atom. The lowest BCUT2D eigenvalue weighted by Gasteiger charge is -2.27. The molecule has 0 saturated carbocycles. The Kier molecular flexibility index (Phi) is 3.64. The van der Waals surface area contributed by atoms with Crippen LogP contribution in [0.25, 0.3) is 11.0 Å². The van der Waals surface area contributed by atoms with Gasteiger partial charge in [-0.25, -0.2) is 9.97 Å². The molecule has 1 N–H and O–H groups in total. The van der Waals surface area contributed by atoms with Crippen LogP contribution in [0.2, 0.25) is 0 Å². The number of hydrogen-bond donors (Lipinski definition) is 1. The van der Waals surface area contributed by atoms with E-state index in [1.54, 1.807) is 4.90 Å². The van der Waals surface area contributed by atoms with Crippen molar-refractivity contribution in [3.63, 3.8) is 0 Å². The molecule has 0 saturated heterocycles. The number of nitrogens with zero attached hydrogens (tertiary/aromatic N) is 3. The monoisotopic (exact) mass is 259 g/mol. The Morgan fingerprint density at radius 3 is 2.37 bits per heavy atom. The Morgan fingerprint density at radius 2 is 1.84 bits per heavy atom. The van der Waals surface area contributed by atoms with Gasteiger partial charge in [-0.1, -0.05) is 12.1 Å². The van der Waals surface area contributed by atoms with Crippen LogP contribution in [0.4, 0.5) is 5.82 Å². The molecule has 2 rings (SSSR count). The van der Waals surface area contributed by atoms with E-state index in [1.807, 2.05) is 45.0 Å². The van der Waals surface area contributed by atoms with Crippen LogP contribution in [0.15, 0.2) is 24.3 Å². The highest BCUT2D eigenvalue weighted by molar-refractivity contribution is 5.78. The topological polar surface area (TPSA) is 66.3 Å². The number of carboxylic acids is 1. The number of aliphatic carboxylic acids is 1. The molecular formula is C14H17N3O2. The molecule has 0 amide bonds. The molecule has 0 radical (unpaired) electrons. The van der Waals surface area contributed by atoms with Crippen molar-refractivity contribution < 1.29 is 9.90 Å². The molecule has 0 unspecified atom stereocenters. The fraction of sp³-hybridized carbons (Fsp3) is 0.357. The van der Waals surface area contributed by atoms with Crippen molar-refractivity contribution in [1.82, 2.24) is 9.97 Å². The summed E-state index contributed by atoms with van der Waals surface area (Å²) in [7, 11) is 0. The molecular weight excluding hydrogens is 242 g/mol. The van der Waals surface area contributed by atoms with Crippen molar-refractivity contribution in [2.45, 2.75) is 26.8 Å². The molecule has 100 valence electrons. The summed E-state index contributed by atoms with van der Waals surface area (Å²) >= 11 is 0. The second-order valence-corrected chi connectivity index (χ2v) is 4.74. The zero-order valence-corrected chi connectivity index (χ0v) is 11.3. The number of hydrogen-bond acceptors (Lipinski definition) is 4. The van der Waals surface area contributed by atoms with Gasteiger partial charge < -0.3 is 10.0 Å². The third-order valence-electron chi connectivity index (χ3n) is 2.92. The number of rotatable bonds is 4. The zero-order valence-electron chi connectivity index (χ0n) is 11.3. The Hall–Kier alpha value is -2.17. The second-order valence-electron chi connectivity index (χ2n) is 4.74. The molecule has 0 bridgehead atoms. The molecule has 0 aliphatic rings. The molecule has 0 aliphatic carbocycles. The highest BCUT2D eigenvalue weighted by Crippen LogP contribution is 2.21. The van der Waals surface area contributed by atoms with Gasteiger partial charge in [0.2, 0.25) is 0 Å². The van der Waals surface area contributed by atoms with Crippen LogP contribution in [0, 0.1) is 6.92 Å².